The first-order valence-electron chi connectivity index (χ1n) is 6.63. The Balaban J connectivity index is 2.04. The second-order valence-electron chi connectivity index (χ2n) is 4.83. The van der Waals surface area contributed by atoms with Crippen LogP contribution in [0.5, 0.6) is 0 Å². The fraction of sp³-hybridized carbons (Fsp3) is 0.333. The molecule has 104 valence electrons. The number of hydrogen-bond acceptors (Lipinski definition) is 4. The minimum Gasteiger partial charge on any atom is -0.477 e. The van der Waals surface area contributed by atoms with E-state index in [2.05, 4.69) is 5.16 Å². The van der Waals surface area contributed by atoms with Gasteiger partial charge in [-0.3, -0.25) is 0 Å². The monoisotopic (exact) mass is 273 g/mol. The van der Waals surface area contributed by atoms with Crippen LogP contribution in [0.3, 0.4) is 0 Å². The van der Waals surface area contributed by atoms with Crippen LogP contribution in [0.25, 0.3) is 11.3 Å². The molecule has 0 unspecified atom stereocenters. The fourth-order valence-electron chi connectivity index (χ4n) is 2.55. The van der Waals surface area contributed by atoms with Gasteiger partial charge in [-0.1, -0.05) is 35.5 Å². The fourth-order valence-corrected chi connectivity index (χ4v) is 2.55. The van der Waals surface area contributed by atoms with Crippen molar-refractivity contribution < 1.29 is 19.2 Å². The molecule has 0 amide bonds. The Kier molecular flexibility index (Phi) is 3.52. The van der Waals surface area contributed by atoms with Crippen LogP contribution >= 0.6 is 0 Å². The second-order valence-corrected chi connectivity index (χ2v) is 4.83. The summed E-state index contributed by atoms with van der Waals surface area (Å²) in [5, 5.41) is 13.5. The molecule has 0 atom stereocenters. The number of aromatic carboxylic acids is 1. The summed E-state index contributed by atoms with van der Waals surface area (Å²) in [6.07, 6.45) is 1.56. The zero-order valence-corrected chi connectivity index (χ0v) is 10.9. The minimum absolute atomic E-state index is 0.0936. The lowest BCUT2D eigenvalue weighted by Crippen LogP contribution is -2.16. The molecular weight excluding hydrogens is 258 g/mol. The van der Waals surface area contributed by atoms with Gasteiger partial charge >= 0.3 is 5.97 Å². The zero-order chi connectivity index (χ0) is 13.9. The molecule has 0 aliphatic carbocycles. The van der Waals surface area contributed by atoms with E-state index in [1.807, 2.05) is 30.3 Å². The molecule has 0 bridgehead atoms. The number of carboxylic acid groups (broad SMARTS) is 1. The van der Waals surface area contributed by atoms with Gasteiger partial charge in [-0.05, 0) is 12.8 Å². The molecule has 1 saturated heterocycles. The average Bonchev–Trinajstić information content (AvgIpc) is 2.94. The third-order valence-corrected chi connectivity index (χ3v) is 3.58. The van der Waals surface area contributed by atoms with Gasteiger partial charge in [0.05, 0.1) is 0 Å². The highest BCUT2D eigenvalue weighted by atomic mass is 16.5. The molecule has 1 N–H and O–H groups in total. The normalized spacial score (nSPS) is 16.2. The third kappa shape index (κ3) is 2.32. The van der Waals surface area contributed by atoms with E-state index in [0.29, 0.717) is 24.7 Å². The van der Waals surface area contributed by atoms with Gasteiger partial charge in [0.2, 0.25) is 0 Å². The maximum Gasteiger partial charge on any atom is 0.341 e. The molecule has 2 aromatic rings. The topological polar surface area (TPSA) is 72.6 Å². The largest absolute Gasteiger partial charge is 0.477 e. The summed E-state index contributed by atoms with van der Waals surface area (Å²) in [5.74, 6) is -0.567. The molecule has 0 spiro atoms. The molecular formula is C15H15NO4. The van der Waals surface area contributed by atoms with Crippen LogP contribution in [0.4, 0.5) is 0 Å². The first-order chi connectivity index (χ1) is 9.77. The lowest BCUT2D eigenvalue weighted by Gasteiger charge is -2.20. The van der Waals surface area contributed by atoms with Crippen LogP contribution in [0.2, 0.25) is 0 Å². The SMILES string of the molecule is O=C(O)c1c(C2CCOCC2)noc1-c1ccccc1. The standard InChI is InChI=1S/C15H15NO4/c17-15(18)12-13(10-6-8-19-9-7-10)16-20-14(12)11-4-2-1-3-5-11/h1-5,10H,6-9H2,(H,17,18). The minimum atomic E-state index is -0.994. The van der Waals surface area contributed by atoms with Gasteiger partial charge in [-0.2, -0.15) is 0 Å². The molecule has 1 fully saturated rings. The van der Waals surface area contributed by atoms with Crippen LogP contribution in [-0.4, -0.2) is 29.4 Å². The molecule has 1 aliphatic heterocycles. The van der Waals surface area contributed by atoms with E-state index in [4.69, 9.17) is 9.26 Å². The smallest absolute Gasteiger partial charge is 0.341 e. The van der Waals surface area contributed by atoms with E-state index in [1.165, 1.54) is 0 Å². The van der Waals surface area contributed by atoms with Crippen molar-refractivity contribution in [3.05, 3.63) is 41.6 Å². The summed E-state index contributed by atoms with van der Waals surface area (Å²) in [4.78, 5) is 11.6. The Bertz CT molecular complexity index is 600. The first kappa shape index (κ1) is 12.9. The summed E-state index contributed by atoms with van der Waals surface area (Å²) in [6.45, 7) is 1.27. The van der Waals surface area contributed by atoms with Crippen LogP contribution < -0.4 is 0 Å². The molecule has 5 nitrogen and oxygen atoms in total. The van der Waals surface area contributed by atoms with E-state index < -0.39 is 5.97 Å². The highest BCUT2D eigenvalue weighted by Crippen LogP contribution is 2.34. The summed E-state index contributed by atoms with van der Waals surface area (Å²) < 4.78 is 10.6. The first-order valence-corrected chi connectivity index (χ1v) is 6.63. The van der Waals surface area contributed by atoms with Crippen LogP contribution in [0.15, 0.2) is 34.9 Å². The van der Waals surface area contributed by atoms with Gasteiger partial charge < -0.3 is 14.4 Å². The van der Waals surface area contributed by atoms with Crippen LogP contribution in [0, 0.1) is 0 Å². The Morgan fingerprint density at radius 1 is 1.20 bits per heavy atom. The number of rotatable bonds is 3. The molecule has 3 rings (SSSR count). The summed E-state index contributed by atoms with van der Waals surface area (Å²) >= 11 is 0. The van der Waals surface area contributed by atoms with Crippen molar-refractivity contribution in [3.63, 3.8) is 0 Å². The number of carboxylic acids is 1. The molecule has 0 saturated carbocycles. The highest BCUT2D eigenvalue weighted by Gasteiger charge is 2.29. The predicted molar refractivity (Wildman–Crippen MR) is 71.7 cm³/mol. The highest BCUT2D eigenvalue weighted by molar-refractivity contribution is 5.95. The summed E-state index contributed by atoms with van der Waals surface area (Å²) in [6, 6.07) is 9.20. The average molecular weight is 273 g/mol. The van der Waals surface area contributed by atoms with Gasteiger partial charge in [0.25, 0.3) is 0 Å². The quantitative estimate of drug-likeness (QED) is 0.930. The molecule has 20 heavy (non-hydrogen) atoms. The van der Waals surface area contributed by atoms with E-state index >= 15 is 0 Å². The molecule has 2 heterocycles. The Morgan fingerprint density at radius 2 is 1.90 bits per heavy atom. The van der Waals surface area contributed by atoms with Gasteiger partial charge in [-0.15, -0.1) is 0 Å². The number of aromatic nitrogens is 1. The lowest BCUT2D eigenvalue weighted by molar-refractivity contribution is 0.0685. The van der Waals surface area contributed by atoms with E-state index in [0.717, 1.165) is 18.4 Å². The van der Waals surface area contributed by atoms with Crippen molar-refractivity contribution >= 4 is 5.97 Å². The van der Waals surface area contributed by atoms with Crippen molar-refractivity contribution in [3.8, 4) is 11.3 Å². The Labute approximate surface area is 116 Å². The van der Waals surface area contributed by atoms with Gasteiger partial charge in [-0.25, -0.2) is 4.79 Å². The predicted octanol–water partition coefficient (Wildman–Crippen LogP) is 2.93. The maximum atomic E-state index is 11.6. The number of nitrogens with zero attached hydrogens (tertiary/aromatic N) is 1. The number of hydrogen-bond donors (Lipinski definition) is 1. The summed E-state index contributed by atoms with van der Waals surface area (Å²) in [5.41, 5.74) is 1.46. The van der Waals surface area contributed by atoms with Crippen molar-refractivity contribution in [2.45, 2.75) is 18.8 Å². The summed E-state index contributed by atoms with van der Waals surface area (Å²) in [7, 11) is 0. The Hall–Kier alpha value is -2.14. The van der Waals surface area contributed by atoms with Crippen molar-refractivity contribution in [1.29, 1.82) is 0 Å². The molecule has 0 radical (unpaired) electrons. The third-order valence-electron chi connectivity index (χ3n) is 3.58. The van der Waals surface area contributed by atoms with E-state index in [9.17, 15) is 9.90 Å². The van der Waals surface area contributed by atoms with Gasteiger partial charge in [0.1, 0.15) is 11.3 Å². The van der Waals surface area contributed by atoms with Crippen molar-refractivity contribution in [1.82, 2.24) is 5.16 Å². The molecule has 5 heteroatoms. The van der Waals surface area contributed by atoms with Gasteiger partial charge in [0.15, 0.2) is 5.76 Å². The lowest BCUT2D eigenvalue weighted by atomic mass is 9.92. The second kappa shape index (κ2) is 5.46. The number of benzene rings is 1. The molecule has 1 aliphatic rings. The number of carbonyl (C=O) groups is 1. The van der Waals surface area contributed by atoms with E-state index in [1.54, 1.807) is 0 Å². The Morgan fingerprint density at radius 3 is 2.55 bits per heavy atom. The maximum absolute atomic E-state index is 11.6. The van der Waals surface area contributed by atoms with E-state index in [-0.39, 0.29) is 11.5 Å². The van der Waals surface area contributed by atoms with Gasteiger partial charge in [0, 0.05) is 24.7 Å². The van der Waals surface area contributed by atoms with Crippen molar-refractivity contribution in [2.24, 2.45) is 0 Å². The molecule has 1 aromatic carbocycles. The zero-order valence-electron chi connectivity index (χ0n) is 10.9. The van der Waals surface area contributed by atoms with Crippen LogP contribution in [0.1, 0.15) is 34.8 Å². The number of ether oxygens (including phenoxy) is 1. The molecule has 1 aromatic heterocycles. The van der Waals surface area contributed by atoms with Crippen LogP contribution in [-0.2, 0) is 4.74 Å². The van der Waals surface area contributed by atoms with Crippen molar-refractivity contribution in [2.75, 3.05) is 13.2 Å².